The molecule has 4 aromatic rings. The highest BCUT2D eigenvalue weighted by Crippen LogP contribution is 2.34. The number of hydrogen-bond acceptors (Lipinski definition) is 5. The molecule has 3 heterocycles. The Balaban J connectivity index is 1.45. The standard InChI is InChI=1S/C23H19Cl2N5O2S/c1-12-6-7-14(8-13(12)2)30-21-16(10-26-30)22(32)29-15(11-33-23(29)28-21)9-19(31)27-18-5-3-4-17(24)20(18)25/h3-8,10,15H,9,11H2,1-2H3,(H,27,31). The number of halogens is 2. The van der Waals surface area contributed by atoms with Crippen LogP contribution < -0.4 is 10.9 Å². The van der Waals surface area contributed by atoms with Crippen LogP contribution in [0.2, 0.25) is 10.0 Å². The summed E-state index contributed by atoms with van der Waals surface area (Å²) in [5, 5.41) is 8.85. The molecule has 0 bridgehead atoms. The van der Waals surface area contributed by atoms with Gasteiger partial charge in [0, 0.05) is 12.2 Å². The summed E-state index contributed by atoms with van der Waals surface area (Å²) in [5.74, 6) is 0.318. The maximum Gasteiger partial charge on any atom is 0.265 e. The fourth-order valence-corrected chi connectivity index (χ4v) is 5.32. The van der Waals surface area contributed by atoms with Gasteiger partial charge in [-0.05, 0) is 49.2 Å². The minimum atomic E-state index is -0.322. The molecule has 7 nitrogen and oxygen atoms in total. The molecule has 0 spiro atoms. The maximum atomic E-state index is 13.3. The summed E-state index contributed by atoms with van der Waals surface area (Å²) in [6, 6.07) is 10.7. The highest BCUT2D eigenvalue weighted by atomic mass is 35.5. The van der Waals surface area contributed by atoms with Crippen molar-refractivity contribution in [3.63, 3.8) is 0 Å². The van der Waals surface area contributed by atoms with Crippen LogP contribution in [-0.2, 0) is 4.79 Å². The lowest BCUT2D eigenvalue weighted by molar-refractivity contribution is -0.116. The number of thioether (sulfide) groups is 1. The lowest BCUT2D eigenvalue weighted by Crippen LogP contribution is -2.27. The average Bonchev–Trinajstić information content (AvgIpc) is 3.38. The molecular weight excluding hydrogens is 481 g/mol. The third kappa shape index (κ3) is 3.92. The summed E-state index contributed by atoms with van der Waals surface area (Å²) in [5.41, 5.74) is 3.92. The fraction of sp³-hybridized carbons (Fsp3) is 0.217. The van der Waals surface area contributed by atoms with Crippen LogP contribution in [0.3, 0.4) is 0 Å². The summed E-state index contributed by atoms with van der Waals surface area (Å²) in [6.45, 7) is 4.08. The molecule has 5 rings (SSSR count). The van der Waals surface area contributed by atoms with Gasteiger partial charge < -0.3 is 5.32 Å². The predicted molar refractivity (Wildman–Crippen MR) is 132 cm³/mol. The van der Waals surface area contributed by atoms with E-state index >= 15 is 0 Å². The third-order valence-electron chi connectivity index (χ3n) is 5.75. The van der Waals surface area contributed by atoms with Gasteiger partial charge in [0.25, 0.3) is 5.56 Å². The maximum absolute atomic E-state index is 13.3. The monoisotopic (exact) mass is 499 g/mol. The van der Waals surface area contributed by atoms with Crippen LogP contribution in [0.5, 0.6) is 0 Å². The van der Waals surface area contributed by atoms with Crippen molar-refractivity contribution in [1.29, 1.82) is 0 Å². The number of nitrogens with zero attached hydrogens (tertiary/aromatic N) is 4. The Hall–Kier alpha value is -2.81. The molecule has 0 saturated heterocycles. The van der Waals surface area contributed by atoms with Crippen molar-refractivity contribution in [2.24, 2.45) is 0 Å². The summed E-state index contributed by atoms with van der Waals surface area (Å²) in [6.07, 6.45) is 1.65. The van der Waals surface area contributed by atoms with Gasteiger partial charge in [-0.25, -0.2) is 9.67 Å². The molecule has 168 valence electrons. The van der Waals surface area contributed by atoms with Crippen molar-refractivity contribution in [2.75, 3.05) is 11.1 Å². The first kappa shape index (κ1) is 22.0. The van der Waals surface area contributed by atoms with Crippen molar-refractivity contribution in [2.45, 2.75) is 31.5 Å². The number of fused-ring (bicyclic) bond motifs is 2. The molecule has 1 atom stereocenters. The number of hydrogen-bond donors (Lipinski definition) is 1. The summed E-state index contributed by atoms with van der Waals surface area (Å²) < 4.78 is 3.28. The summed E-state index contributed by atoms with van der Waals surface area (Å²) >= 11 is 13.7. The van der Waals surface area contributed by atoms with E-state index < -0.39 is 0 Å². The first-order chi connectivity index (χ1) is 15.8. The number of amides is 1. The number of carbonyl (C=O) groups excluding carboxylic acids is 1. The second kappa shape index (κ2) is 8.52. The van der Waals surface area contributed by atoms with Crippen LogP contribution in [0.25, 0.3) is 16.7 Å². The van der Waals surface area contributed by atoms with Gasteiger partial charge >= 0.3 is 0 Å². The Morgan fingerprint density at radius 2 is 2.03 bits per heavy atom. The van der Waals surface area contributed by atoms with E-state index in [2.05, 4.69) is 10.4 Å². The Labute approximate surface area is 203 Å². The zero-order valence-corrected chi connectivity index (χ0v) is 20.1. The van der Waals surface area contributed by atoms with Gasteiger partial charge in [0.1, 0.15) is 5.39 Å². The summed E-state index contributed by atoms with van der Waals surface area (Å²) in [4.78, 5) is 30.7. The number of nitrogens with one attached hydrogen (secondary N) is 1. The van der Waals surface area contributed by atoms with Crippen molar-refractivity contribution in [3.05, 3.63) is 74.1 Å². The quantitative estimate of drug-likeness (QED) is 0.391. The van der Waals surface area contributed by atoms with E-state index in [-0.39, 0.29) is 29.0 Å². The molecule has 33 heavy (non-hydrogen) atoms. The van der Waals surface area contributed by atoms with E-state index in [9.17, 15) is 9.59 Å². The molecule has 0 aliphatic carbocycles. The second-order valence-electron chi connectivity index (χ2n) is 7.95. The number of aryl methyl sites for hydroxylation is 2. The number of anilines is 1. The van der Waals surface area contributed by atoms with Crippen LogP contribution >= 0.6 is 35.0 Å². The average molecular weight is 500 g/mol. The topological polar surface area (TPSA) is 81.8 Å². The smallest absolute Gasteiger partial charge is 0.265 e. The molecule has 10 heteroatoms. The molecular formula is C23H19Cl2N5O2S. The number of rotatable bonds is 4. The molecule has 1 amide bonds. The van der Waals surface area contributed by atoms with Crippen molar-refractivity contribution < 1.29 is 4.79 Å². The Bertz CT molecular complexity index is 1480. The van der Waals surface area contributed by atoms with Crippen molar-refractivity contribution in [3.8, 4) is 5.69 Å². The van der Waals surface area contributed by atoms with Crippen LogP contribution in [0.1, 0.15) is 23.6 Å². The van der Waals surface area contributed by atoms with Gasteiger partial charge in [0.2, 0.25) is 5.91 Å². The highest BCUT2D eigenvalue weighted by molar-refractivity contribution is 7.99. The molecule has 0 saturated carbocycles. The first-order valence-corrected chi connectivity index (χ1v) is 12.0. The van der Waals surface area contributed by atoms with Crippen LogP contribution in [0.15, 0.2) is 52.5 Å². The lowest BCUT2D eigenvalue weighted by atomic mass is 10.1. The van der Waals surface area contributed by atoms with Gasteiger partial charge in [-0.2, -0.15) is 5.10 Å². The van der Waals surface area contributed by atoms with E-state index in [4.69, 9.17) is 28.2 Å². The van der Waals surface area contributed by atoms with Crippen molar-refractivity contribution in [1.82, 2.24) is 19.3 Å². The van der Waals surface area contributed by atoms with Gasteiger partial charge in [-0.15, -0.1) is 0 Å². The molecule has 2 aromatic carbocycles. The zero-order valence-electron chi connectivity index (χ0n) is 17.8. The van der Waals surface area contributed by atoms with Gasteiger partial charge in [-0.1, -0.05) is 47.1 Å². The van der Waals surface area contributed by atoms with E-state index in [0.29, 0.717) is 32.7 Å². The normalized spacial score (nSPS) is 15.1. The molecule has 0 radical (unpaired) electrons. The molecule has 1 unspecified atom stereocenters. The van der Waals surface area contributed by atoms with E-state index in [1.54, 1.807) is 33.6 Å². The number of carbonyl (C=O) groups is 1. The number of benzene rings is 2. The molecule has 2 aromatic heterocycles. The summed E-state index contributed by atoms with van der Waals surface area (Å²) in [7, 11) is 0. The van der Waals surface area contributed by atoms with Gasteiger partial charge in [-0.3, -0.25) is 14.2 Å². The minimum Gasteiger partial charge on any atom is -0.325 e. The fourth-order valence-electron chi connectivity index (χ4n) is 3.84. The lowest BCUT2D eigenvalue weighted by Gasteiger charge is -2.14. The van der Waals surface area contributed by atoms with Gasteiger partial charge in [0.05, 0.1) is 33.7 Å². The molecule has 1 aliphatic heterocycles. The second-order valence-corrected chi connectivity index (χ2v) is 9.72. The Kier molecular flexibility index (Phi) is 5.68. The van der Waals surface area contributed by atoms with Crippen LogP contribution in [0, 0.1) is 13.8 Å². The third-order valence-corrected chi connectivity index (χ3v) is 7.67. The van der Waals surface area contributed by atoms with Crippen LogP contribution in [0.4, 0.5) is 5.69 Å². The Morgan fingerprint density at radius 1 is 1.21 bits per heavy atom. The molecule has 0 fully saturated rings. The molecule has 1 aliphatic rings. The number of aromatic nitrogens is 4. The van der Waals surface area contributed by atoms with Crippen LogP contribution in [-0.4, -0.2) is 31.0 Å². The largest absolute Gasteiger partial charge is 0.325 e. The van der Waals surface area contributed by atoms with E-state index in [1.165, 1.54) is 17.3 Å². The van der Waals surface area contributed by atoms with E-state index in [0.717, 1.165) is 11.3 Å². The van der Waals surface area contributed by atoms with Crippen molar-refractivity contribution >= 4 is 57.6 Å². The highest BCUT2D eigenvalue weighted by Gasteiger charge is 2.30. The van der Waals surface area contributed by atoms with Gasteiger partial charge in [0.15, 0.2) is 10.8 Å². The van der Waals surface area contributed by atoms with E-state index in [1.807, 2.05) is 32.0 Å². The molecule has 1 N–H and O–H groups in total. The Morgan fingerprint density at radius 3 is 2.82 bits per heavy atom. The SMILES string of the molecule is Cc1ccc(-n2ncc3c(=O)n4c(nc32)SCC4CC(=O)Nc2cccc(Cl)c2Cl)cc1C. The first-order valence-electron chi connectivity index (χ1n) is 10.3. The minimum absolute atomic E-state index is 0.112. The predicted octanol–water partition coefficient (Wildman–Crippen LogP) is 5.18. The zero-order chi connectivity index (χ0) is 23.3.